The topological polar surface area (TPSA) is 29.1 Å². The Hall–Kier alpha value is -1.15. The molecule has 0 aromatic heterocycles. The molecule has 0 amide bonds. The molecule has 2 heteroatoms. The molecule has 1 aromatic rings. The van der Waals surface area contributed by atoms with E-state index in [1.165, 1.54) is 0 Å². The highest BCUT2D eigenvalue weighted by Crippen LogP contribution is 2.30. The van der Waals surface area contributed by atoms with E-state index in [1.807, 2.05) is 38.2 Å². The van der Waals surface area contributed by atoms with Crippen LogP contribution in [0.1, 0.15) is 28.8 Å². The van der Waals surface area contributed by atoms with Gasteiger partial charge in [0, 0.05) is 17.5 Å². The van der Waals surface area contributed by atoms with Gasteiger partial charge in [-0.25, -0.2) is 0 Å². The second kappa shape index (κ2) is 4.15. The molecule has 2 nitrogen and oxygen atoms in total. The smallest absolute Gasteiger partial charge is 0.166 e. The summed E-state index contributed by atoms with van der Waals surface area (Å²) in [7, 11) is 1.96. The van der Waals surface area contributed by atoms with Crippen molar-refractivity contribution in [3.63, 3.8) is 0 Å². The molecule has 0 aliphatic heterocycles. The van der Waals surface area contributed by atoms with Crippen molar-refractivity contribution in [3.8, 4) is 0 Å². The SMILES string of the molecule is CNC1CC(C(=O)c2cccc(C)c2)C1. The van der Waals surface area contributed by atoms with Gasteiger partial charge in [0.1, 0.15) is 0 Å². The van der Waals surface area contributed by atoms with Crippen molar-refractivity contribution in [1.82, 2.24) is 5.32 Å². The minimum Gasteiger partial charge on any atom is -0.317 e. The fourth-order valence-corrected chi connectivity index (χ4v) is 2.10. The Morgan fingerprint density at radius 2 is 2.13 bits per heavy atom. The molecule has 0 heterocycles. The van der Waals surface area contributed by atoms with Crippen LogP contribution in [0.15, 0.2) is 24.3 Å². The lowest BCUT2D eigenvalue weighted by atomic mass is 9.76. The average Bonchev–Trinajstić information content (AvgIpc) is 2.16. The summed E-state index contributed by atoms with van der Waals surface area (Å²) < 4.78 is 0. The van der Waals surface area contributed by atoms with Gasteiger partial charge in [-0.1, -0.05) is 23.8 Å². The number of hydrogen-bond acceptors (Lipinski definition) is 2. The summed E-state index contributed by atoms with van der Waals surface area (Å²) >= 11 is 0. The maximum Gasteiger partial charge on any atom is 0.166 e. The molecule has 0 saturated heterocycles. The maximum atomic E-state index is 12.0. The third-order valence-corrected chi connectivity index (χ3v) is 3.22. The van der Waals surface area contributed by atoms with Crippen LogP contribution in [0.2, 0.25) is 0 Å². The molecule has 0 spiro atoms. The zero-order valence-corrected chi connectivity index (χ0v) is 9.29. The van der Waals surface area contributed by atoms with Crippen LogP contribution in [0.5, 0.6) is 0 Å². The number of carbonyl (C=O) groups excluding carboxylic acids is 1. The van der Waals surface area contributed by atoms with E-state index in [4.69, 9.17) is 0 Å². The summed E-state index contributed by atoms with van der Waals surface area (Å²) in [5, 5.41) is 3.20. The second-order valence-electron chi connectivity index (χ2n) is 4.39. The molecule has 1 saturated carbocycles. The van der Waals surface area contributed by atoms with Crippen LogP contribution in [0.25, 0.3) is 0 Å². The van der Waals surface area contributed by atoms with Crippen molar-refractivity contribution in [2.45, 2.75) is 25.8 Å². The van der Waals surface area contributed by atoms with E-state index in [2.05, 4.69) is 5.32 Å². The van der Waals surface area contributed by atoms with Gasteiger partial charge in [-0.15, -0.1) is 0 Å². The van der Waals surface area contributed by atoms with Crippen molar-refractivity contribution < 1.29 is 4.79 Å². The highest BCUT2D eigenvalue weighted by Gasteiger charge is 2.33. The molecule has 1 aliphatic rings. The van der Waals surface area contributed by atoms with E-state index in [9.17, 15) is 4.79 Å². The Bertz CT molecular complexity index is 367. The van der Waals surface area contributed by atoms with E-state index < -0.39 is 0 Å². The summed E-state index contributed by atoms with van der Waals surface area (Å²) in [6.45, 7) is 2.02. The van der Waals surface area contributed by atoms with Crippen molar-refractivity contribution in [2.24, 2.45) is 5.92 Å². The third kappa shape index (κ3) is 2.10. The largest absolute Gasteiger partial charge is 0.317 e. The molecule has 0 radical (unpaired) electrons. The van der Waals surface area contributed by atoms with Gasteiger partial charge in [0.05, 0.1) is 0 Å². The van der Waals surface area contributed by atoms with Crippen molar-refractivity contribution in [1.29, 1.82) is 0 Å². The summed E-state index contributed by atoms with van der Waals surface area (Å²) in [6, 6.07) is 8.42. The fraction of sp³-hybridized carbons (Fsp3) is 0.462. The molecule has 2 rings (SSSR count). The Labute approximate surface area is 90.7 Å². The van der Waals surface area contributed by atoms with Gasteiger partial charge >= 0.3 is 0 Å². The molecule has 0 bridgehead atoms. The van der Waals surface area contributed by atoms with Crippen molar-refractivity contribution >= 4 is 5.78 Å². The molecule has 1 fully saturated rings. The van der Waals surface area contributed by atoms with Crippen LogP contribution in [-0.4, -0.2) is 18.9 Å². The lowest BCUT2D eigenvalue weighted by molar-refractivity contribution is 0.0816. The maximum absolute atomic E-state index is 12.0. The predicted molar refractivity (Wildman–Crippen MR) is 61.1 cm³/mol. The molecular weight excluding hydrogens is 186 g/mol. The minimum absolute atomic E-state index is 0.240. The first-order valence-electron chi connectivity index (χ1n) is 5.49. The molecule has 80 valence electrons. The predicted octanol–water partition coefficient (Wildman–Crippen LogP) is 2.18. The molecule has 0 atom stereocenters. The van der Waals surface area contributed by atoms with Gasteiger partial charge in [0.25, 0.3) is 0 Å². The van der Waals surface area contributed by atoms with E-state index in [0.717, 1.165) is 24.0 Å². The number of carbonyl (C=O) groups is 1. The zero-order chi connectivity index (χ0) is 10.8. The first kappa shape index (κ1) is 10.4. The Morgan fingerprint density at radius 1 is 1.40 bits per heavy atom. The van der Waals surface area contributed by atoms with Crippen LogP contribution in [-0.2, 0) is 0 Å². The van der Waals surface area contributed by atoms with Crippen LogP contribution >= 0.6 is 0 Å². The molecule has 1 aliphatic carbocycles. The zero-order valence-electron chi connectivity index (χ0n) is 9.29. The highest BCUT2D eigenvalue weighted by atomic mass is 16.1. The Morgan fingerprint density at radius 3 is 2.73 bits per heavy atom. The number of ketones is 1. The summed E-state index contributed by atoms with van der Waals surface area (Å²) in [6.07, 6.45) is 1.98. The van der Waals surface area contributed by atoms with E-state index in [0.29, 0.717) is 11.8 Å². The molecule has 1 aromatic carbocycles. The first-order chi connectivity index (χ1) is 7.20. The summed E-state index contributed by atoms with van der Waals surface area (Å²) in [4.78, 5) is 12.0. The van der Waals surface area contributed by atoms with Crippen molar-refractivity contribution in [2.75, 3.05) is 7.05 Å². The molecular formula is C13H17NO. The minimum atomic E-state index is 0.240. The van der Waals surface area contributed by atoms with E-state index >= 15 is 0 Å². The van der Waals surface area contributed by atoms with Crippen LogP contribution in [0.3, 0.4) is 0 Å². The number of nitrogens with one attached hydrogen (secondary N) is 1. The van der Waals surface area contributed by atoms with Gasteiger partial charge in [-0.2, -0.15) is 0 Å². The van der Waals surface area contributed by atoms with Crippen LogP contribution < -0.4 is 5.32 Å². The van der Waals surface area contributed by atoms with Crippen LogP contribution in [0.4, 0.5) is 0 Å². The quantitative estimate of drug-likeness (QED) is 0.763. The van der Waals surface area contributed by atoms with Gasteiger partial charge < -0.3 is 5.32 Å². The highest BCUT2D eigenvalue weighted by molar-refractivity contribution is 5.98. The normalized spacial score (nSPS) is 24.7. The van der Waals surface area contributed by atoms with E-state index in [1.54, 1.807) is 0 Å². The number of rotatable bonds is 3. The first-order valence-corrected chi connectivity index (χ1v) is 5.49. The lowest BCUT2D eigenvalue weighted by Crippen LogP contribution is -2.42. The third-order valence-electron chi connectivity index (χ3n) is 3.22. The lowest BCUT2D eigenvalue weighted by Gasteiger charge is -2.33. The Balaban J connectivity index is 2.03. The van der Waals surface area contributed by atoms with E-state index in [-0.39, 0.29) is 5.92 Å². The molecule has 15 heavy (non-hydrogen) atoms. The van der Waals surface area contributed by atoms with Gasteiger partial charge in [0.15, 0.2) is 5.78 Å². The fourth-order valence-electron chi connectivity index (χ4n) is 2.10. The number of aryl methyl sites for hydroxylation is 1. The standard InChI is InChI=1S/C13H17NO/c1-9-4-3-5-10(6-9)13(15)11-7-12(8-11)14-2/h3-6,11-12,14H,7-8H2,1-2H3. The van der Waals surface area contributed by atoms with Gasteiger partial charge in [-0.3, -0.25) is 4.79 Å². The van der Waals surface area contributed by atoms with Gasteiger partial charge in [0.2, 0.25) is 0 Å². The number of benzene rings is 1. The van der Waals surface area contributed by atoms with Crippen molar-refractivity contribution in [3.05, 3.63) is 35.4 Å². The average molecular weight is 203 g/mol. The Kier molecular flexibility index (Phi) is 2.87. The van der Waals surface area contributed by atoms with Crippen LogP contribution in [0, 0.1) is 12.8 Å². The molecule has 0 unspecified atom stereocenters. The number of Topliss-reactive ketones (excluding diaryl/α,β-unsaturated/α-hetero) is 1. The monoisotopic (exact) mass is 203 g/mol. The summed E-state index contributed by atoms with van der Waals surface area (Å²) in [5.41, 5.74) is 2.03. The van der Waals surface area contributed by atoms with Gasteiger partial charge in [-0.05, 0) is 32.9 Å². The molecule has 1 N–H and O–H groups in total. The second-order valence-corrected chi connectivity index (χ2v) is 4.39. The number of hydrogen-bond donors (Lipinski definition) is 1. The summed E-state index contributed by atoms with van der Waals surface area (Å²) in [5.74, 6) is 0.550.